The van der Waals surface area contributed by atoms with Gasteiger partial charge in [-0.05, 0) is 42.9 Å². The summed E-state index contributed by atoms with van der Waals surface area (Å²) in [7, 11) is 0. The zero-order valence-electron chi connectivity index (χ0n) is 11.4. The van der Waals surface area contributed by atoms with E-state index in [0.29, 0.717) is 11.5 Å². The Morgan fingerprint density at radius 1 is 1.55 bits per heavy atom. The quantitative estimate of drug-likeness (QED) is 0.919. The smallest absolute Gasteiger partial charge is 0.307 e. The third-order valence-corrected chi connectivity index (χ3v) is 4.29. The summed E-state index contributed by atoms with van der Waals surface area (Å²) < 4.78 is 18.4. The standard InChI is InChI=1S/C15H16FNO3/c1-7(8(2)16)6-20-12-4-9-3-10-13(11(9)5-17-12)14(10)15(18)19/h4-5,10,13-14H,3,6H2,1-2H3,(H,18,19). The number of ether oxygens (including phenoxy) is 1. The first-order chi connectivity index (χ1) is 9.49. The number of carboxylic acid groups (broad SMARTS) is 1. The van der Waals surface area contributed by atoms with Crippen LogP contribution in [0.1, 0.15) is 30.9 Å². The molecule has 3 unspecified atom stereocenters. The molecule has 20 heavy (non-hydrogen) atoms. The van der Waals surface area contributed by atoms with Gasteiger partial charge in [-0.15, -0.1) is 0 Å². The van der Waals surface area contributed by atoms with E-state index in [9.17, 15) is 9.18 Å². The van der Waals surface area contributed by atoms with Crippen LogP contribution in [0.2, 0.25) is 0 Å². The van der Waals surface area contributed by atoms with Crippen molar-refractivity contribution in [1.29, 1.82) is 0 Å². The molecule has 3 rings (SSSR count). The zero-order chi connectivity index (χ0) is 14.4. The van der Waals surface area contributed by atoms with Crippen LogP contribution in [0.25, 0.3) is 0 Å². The van der Waals surface area contributed by atoms with Gasteiger partial charge in [0.2, 0.25) is 5.88 Å². The van der Waals surface area contributed by atoms with Crippen molar-refractivity contribution in [3.8, 4) is 5.88 Å². The Bertz CT molecular complexity index is 607. The molecule has 0 spiro atoms. The van der Waals surface area contributed by atoms with Gasteiger partial charge in [-0.2, -0.15) is 0 Å². The third-order valence-electron chi connectivity index (χ3n) is 4.29. The van der Waals surface area contributed by atoms with E-state index in [2.05, 4.69) is 4.98 Å². The third kappa shape index (κ3) is 2.07. The zero-order valence-corrected chi connectivity index (χ0v) is 11.4. The monoisotopic (exact) mass is 277 g/mol. The summed E-state index contributed by atoms with van der Waals surface area (Å²) in [6.07, 6.45) is 2.48. The molecule has 4 nitrogen and oxygen atoms in total. The average molecular weight is 277 g/mol. The number of fused-ring (bicyclic) bond motifs is 3. The second kappa shape index (κ2) is 4.58. The van der Waals surface area contributed by atoms with E-state index in [1.165, 1.54) is 6.92 Å². The normalized spacial score (nSPS) is 27.4. The maximum Gasteiger partial charge on any atom is 0.307 e. The van der Waals surface area contributed by atoms with Crippen molar-refractivity contribution in [3.63, 3.8) is 0 Å². The lowest BCUT2D eigenvalue weighted by atomic mass is 10.0. The van der Waals surface area contributed by atoms with Crippen LogP contribution in [-0.2, 0) is 11.2 Å². The first-order valence-corrected chi connectivity index (χ1v) is 6.65. The maximum absolute atomic E-state index is 12.9. The fourth-order valence-electron chi connectivity index (χ4n) is 2.97. The Kier molecular flexibility index (Phi) is 3.00. The van der Waals surface area contributed by atoms with Gasteiger partial charge < -0.3 is 9.84 Å². The van der Waals surface area contributed by atoms with E-state index in [1.807, 2.05) is 6.07 Å². The van der Waals surface area contributed by atoms with Crippen molar-refractivity contribution in [1.82, 2.24) is 4.98 Å². The number of aromatic nitrogens is 1. The topological polar surface area (TPSA) is 59.4 Å². The Hall–Kier alpha value is -1.91. The highest BCUT2D eigenvalue weighted by molar-refractivity contribution is 5.77. The van der Waals surface area contributed by atoms with E-state index in [-0.39, 0.29) is 30.2 Å². The predicted octanol–water partition coefficient (Wildman–Crippen LogP) is 2.69. The van der Waals surface area contributed by atoms with Gasteiger partial charge in [0.25, 0.3) is 0 Å². The molecular weight excluding hydrogens is 261 g/mol. The maximum atomic E-state index is 12.9. The van der Waals surface area contributed by atoms with Crippen molar-refractivity contribution in [2.45, 2.75) is 26.2 Å². The van der Waals surface area contributed by atoms with Crippen LogP contribution in [0.15, 0.2) is 23.7 Å². The van der Waals surface area contributed by atoms with Gasteiger partial charge in [0.05, 0.1) is 11.7 Å². The predicted molar refractivity (Wildman–Crippen MR) is 70.3 cm³/mol. The van der Waals surface area contributed by atoms with Gasteiger partial charge in [0.1, 0.15) is 6.61 Å². The largest absolute Gasteiger partial charge is 0.481 e. The van der Waals surface area contributed by atoms with Crippen LogP contribution in [-0.4, -0.2) is 22.7 Å². The first-order valence-electron chi connectivity index (χ1n) is 6.65. The lowest BCUT2D eigenvalue weighted by molar-refractivity contribution is -0.139. The van der Waals surface area contributed by atoms with Gasteiger partial charge in [-0.3, -0.25) is 4.79 Å². The number of carbonyl (C=O) groups is 1. The molecule has 0 saturated heterocycles. The summed E-state index contributed by atoms with van der Waals surface area (Å²) in [5.41, 5.74) is 2.69. The molecule has 0 aliphatic heterocycles. The molecule has 1 fully saturated rings. The fourth-order valence-corrected chi connectivity index (χ4v) is 2.97. The minimum absolute atomic E-state index is 0.124. The summed E-state index contributed by atoms with van der Waals surface area (Å²) in [6.45, 7) is 3.25. The van der Waals surface area contributed by atoms with Gasteiger partial charge in [-0.1, -0.05) is 0 Å². The Balaban J connectivity index is 1.71. The minimum atomic E-state index is -0.717. The van der Waals surface area contributed by atoms with Gasteiger partial charge in [-0.25, -0.2) is 9.37 Å². The SMILES string of the molecule is CC(F)=C(C)COc1cc2c(cn1)C1C(C2)C1C(=O)O. The number of halogens is 1. The molecule has 1 saturated carbocycles. The van der Waals surface area contributed by atoms with E-state index >= 15 is 0 Å². The Morgan fingerprint density at radius 2 is 2.30 bits per heavy atom. The van der Waals surface area contributed by atoms with Crippen LogP contribution < -0.4 is 4.74 Å². The molecule has 0 radical (unpaired) electrons. The molecule has 0 bridgehead atoms. The van der Waals surface area contributed by atoms with Crippen molar-refractivity contribution in [2.75, 3.05) is 6.61 Å². The number of hydrogen-bond donors (Lipinski definition) is 1. The highest BCUT2D eigenvalue weighted by Gasteiger charge is 2.59. The molecule has 2 aliphatic carbocycles. The second-order valence-corrected chi connectivity index (χ2v) is 5.58. The Morgan fingerprint density at radius 3 is 2.95 bits per heavy atom. The molecule has 0 aromatic carbocycles. The number of carboxylic acids is 1. The molecule has 106 valence electrons. The van der Waals surface area contributed by atoms with Crippen LogP contribution in [0.3, 0.4) is 0 Å². The second-order valence-electron chi connectivity index (χ2n) is 5.58. The van der Waals surface area contributed by atoms with Crippen molar-refractivity contribution in [2.24, 2.45) is 11.8 Å². The van der Waals surface area contributed by atoms with E-state index < -0.39 is 5.97 Å². The van der Waals surface area contributed by atoms with Crippen LogP contribution in [0, 0.1) is 11.8 Å². The number of nitrogens with zero attached hydrogens (tertiary/aromatic N) is 1. The number of hydrogen-bond acceptors (Lipinski definition) is 3. The molecule has 1 heterocycles. The summed E-state index contributed by atoms with van der Waals surface area (Å²) in [5, 5.41) is 9.05. The molecule has 1 N–H and O–H groups in total. The van der Waals surface area contributed by atoms with Crippen molar-refractivity contribution >= 4 is 5.97 Å². The highest BCUT2D eigenvalue weighted by Crippen LogP contribution is 2.61. The van der Waals surface area contributed by atoms with E-state index in [0.717, 1.165) is 17.5 Å². The fraction of sp³-hybridized carbons (Fsp3) is 0.467. The van der Waals surface area contributed by atoms with Crippen molar-refractivity contribution in [3.05, 3.63) is 34.8 Å². The minimum Gasteiger partial charge on any atom is -0.481 e. The molecule has 1 aromatic rings. The van der Waals surface area contributed by atoms with E-state index in [4.69, 9.17) is 9.84 Å². The summed E-state index contributed by atoms with van der Waals surface area (Å²) >= 11 is 0. The average Bonchev–Trinajstić information content (AvgIpc) is 2.99. The lowest BCUT2D eigenvalue weighted by Crippen LogP contribution is -2.06. The summed E-state index contributed by atoms with van der Waals surface area (Å²) in [6, 6.07) is 1.85. The van der Waals surface area contributed by atoms with Crippen molar-refractivity contribution < 1.29 is 19.0 Å². The van der Waals surface area contributed by atoms with Gasteiger partial charge in [0.15, 0.2) is 0 Å². The number of rotatable bonds is 4. The van der Waals surface area contributed by atoms with Crippen LogP contribution >= 0.6 is 0 Å². The first kappa shape index (κ1) is 13.1. The molecule has 0 amide bonds. The van der Waals surface area contributed by atoms with Crippen LogP contribution in [0.4, 0.5) is 4.39 Å². The molecule has 5 heteroatoms. The lowest BCUT2D eigenvalue weighted by Gasteiger charge is -2.09. The van der Waals surface area contributed by atoms with Gasteiger partial charge in [0, 0.05) is 18.2 Å². The Labute approximate surface area is 116 Å². The van der Waals surface area contributed by atoms with E-state index in [1.54, 1.807) is 13.1 Å². The molecule has 1 aromatic heterocycles. The number of allylic oxidation sites excluding steroid dienone is 1. The summed E-state index contributed by atoms with van der Waals surface area (Å²) in [5.74, 6) is -0.386. The van der Waals surface area contributed by atoms with Crippen LogP contribution in [0.5, 0.6) is 5.88 Å². The number of pyridine rings is 1. The molecule has 2 aliphatic rings. The highest BCUT2D eigenvalue weighted by atomic mass is 19.1. The summed E-state index contributed by atoms with van der Waals surface area (Å²) in [4.78, 5) is 15.2. The molecule has 3 atom stereocenters. The number of aliphatic carboxylic acids is 1. The van der Waals surface area contributed by atoms with Gasteiger partial charge >= 0.3 is 5.97 Å². The molecular formula is C15H16FNO3.